The third kappa shape index (κ3) is 3.70. The first-order valence-electron chi connectivity index (χ1n) is 7.69. The quantitative estimate of drug-likeness (QED) is 0.839. The van der Waals surface area contributed by atoms with Crippen LogP contribution in [0, 0.1) is 0 Å². The molecule has 20 heavy (non-hydrogen) atoms. The van der Waals surface area contributed by atoms with Gasteiger partial charge in [0, 0.05) is 10.8 Å². The Hall–Kier alpha value is -0.670. The number of nitrogens with one attached hydrogen (secondary N) is 1. The first kappa shape index (κ1) is 15.7. The number of thioether (sulfide) groups is 1. The number of hydrogen-bond acceptors (Lipinski definition) is 3. The Morgan fingerprint density at radius 1 is 1.30 bits per heavy atom. The average molecular weight is 293 g/mol. The van der Waals surface area contributed by atoms with Crippen molar-refractivity contribution in [2.45, 2.75) is 57.4 Å². The van der Waals surface area contributed by atoms with Crippen molar-refractivity contribution in [3.05, 3.63) is 29.8 Å². The minimum absolute atomic E-state index is 0.230. The van der Waals surface area contributed by atoms with Crippen molar-refractivity contribution in [2.24, 2.45) is 0 Å². The van der Waals surface area contributed by atoms with Crippen molar-refractivity contribution < 1.29 is 4.74 Å². The van der Waals surface area contributed by atoms with E-state index in [-0.39, 0.29) is 6.10 Å². The Kier molecular flexibility index (Phi) is 5.39. The molecule has 0 amide bonds. The summed E-state index contributed by atoms with van der Waals surface area (Å²) in [5.74, 6) is 2.25. The summed E-state index contributed by atoms with van der Waals surface area (Å²) in [5.41, 5.74) is 1.37. The Labute approximate surface area is 127 Å². The van der Waals surface area contributed by atoms with E-state index in [0.29, 0.717) is 10.8 Å². The molecule has 3 heteroatoms. The van der Waals surface area contributed by atoms with Crippen LogP contribution in [0.2, 0.25) is 0 Å². The number of ether oxygens (including phenoxy) is 1. The topological polar surface area (TPSA) is 21.3 Å². The fourth-order valence-corrected chi connectivity index (χ4v) is 4.36. The normalized spacial score (nSPS) is 24.1. The highest BCUT2D eigenvalue weighted by Gasteiger charge is 2.38. The SMILES string of the molecule is CCNC(c1ccc(OC(C)C)cc1)C1(C)CCCS1. The van der Waals surface area contributed by atoms with E-state index in [1.807, 2.05) is 0 Å². The minimum Gasteiger partial charge on any atom is -0.491 e. The summed E-state index contributed by atoms with van der Waals surface area (Å²) >= 11 is 2.11. The van der Waals surface area contributed by atoms with Crippen LogP contribution in [0.25, 0.3) is 0 Å². The molecule has 1 aromatic carbocycles. The molecule has 0 aliphatic carbocycles. The fraction of sp³-hybridized carbons (Fsp3) is 0.647. The molecule has 0 saturated carbocycles. The van der Waals surface area contributed by atoms with Gasteiger partial charge in [-0.05, 0) is 63.6 Å². The van der Waals surface area contributed by atoms with Gasteiger partial charge in [-0.15, -0.1) is 0 Å². The molecule has 0 aromatic heterocycles. The van der Waals surface area contributed by atoms with E-state index in [2.05, 4.69) is 69.0 Å². The minimum atomic E-state index is 0.230. The maximum absolute atomic E-state index is 5.73. The molecule has 2 atom stereocenters. The molecule has 2 nitrogen and oxygen atoms in total. The molecule has 1 aromatic rings. The summed E-state index contributed by atoms with van der Waals surface area (Å²) in [6.07, 6.45) is 2.85. The predicted molar refractivity (Wildman–Crippen MR) is 88.7 cm³/mol. The zero-order chi connectivity index (χ0) is 14.6. The Bertz CT molecular complexity index is 410. The average Bonchev–Trinajstić information content (AvgIpc) is 2.84. The Morgan fingerprint density at radius 2 is 2.00 bits per heavy atom. The highest BCUT2D eigenvalue weighted by molar-refractivity contribution is 8.00. The maximum atomic E-state index is 5.73. The van der Waals surface area contributed by atoms with Crippen LogP contribution in [0.15, 0.2) is 24.3 Å². The van der Waals surface area contributed by atoms with E-state index in [0.717, 1.165) is 12.3 Å². The van der Waals surface area contributed by atoms with Gasteiger partial charge in [0.15, 0.2) is 0 Å². The second-order valence-electron chi connectivity index (χ2n) is 5.99. The molecule has 0 spiro atoms. The molecule has 1 aliphatic heterocycles. The molecule has 1 aliphatic rings. The largest absolute Gasteiger partial charge is 0.491 e. The van der Waals surface area contributed by atoms with Crippen molar-refractivity contribution in [3.8, 4) is 5.75 Å². The Balaban J connectivity index is 2.16. The van der Waals surface area contributed by atoms with Crippen LogP contribution < -0.4 is 10.1 Å². The second-order valence-corrected chi connectivity index (χ2v) is 7.62. The van der Waals surface area contributed by atoms with Gasteiger partial charge < -0.3 is 10.1 Å². The molecule has 112 valence electrons. The fourth-order valence-electron chi connectivity index (χ4n) is 2.93. The van der Waals surface area contributed by atoms with Crippen LogP contribution in [0.3, 0.4) is 0 Å². The summed E-state index contributed by atoms with van der Waals surface area (Å²) in [6, 6.07) is 9.06. The number of rotatable bonds is 6. The number of hydrogen-bond donors (Lipinski definition) is 1. The highest BCUT2D eigenvalue weighted by atomic mass is 32.2. The lowest BCUT2D eigenvalue weighted by molar-refractivity contribution is 0.242. The molecule has 2 unspecified atom stereocenters. The third-order valence-corrected chi connectivity index (χ3v) is 5.45. The van der Waals surface area contributed by atoms with Crippen molar-refractivity contribution in [1.82, 2.24) is 5.32 Å². The monoisotopic (exact) mass is 293 g/mol. The molecular formula is C17H27NOS. The van der Waals surface area contributed by atoms with Crippen LogP contribution in [0.1, 0.15) is 52.1 Å². The van der Waals surface area contributed by atoms with E-state index in [1.54, 1.807) is 0 Å². The lowest BCUT2D eigenvalue weighted by Gasteiger charge is -2.34. The van der Waals surface area contributed by atoms with Crippen molar-refractivity contribution >= 4 is 11.8 Å². The lowest BCUT2D eigenvalue weighted by atomic mass is 9.90. The summed E-state index contributed by atoms with van der Waals surface area (Å²) in [4.78, 5) is 0. The summed E-state index contributed by atoms with van der Waals surface area (Å²) in [7, 11) is 0. The first-order valence-corrected chi connectivity index (χ1v) is 8.67. The second kappa shape index (κ2) is 6.86. The van der Waals surface area contributed by atoms with Gasteiger partial charge in [0.1, 0.15) is 5.75 Å². The van der Waals surface area contributed by atoms with Gasteiger partial charge in [-0.25, -0.2) is 0 Å². The Morgan fingerprint density at radius 3 is 2.50 bits per heavy atom. The van der Waals surface area contributed by atoms with Gasteiger partial charge in [-0.1, -0.05) is 19.1 Å². The predicted octanol–water partition coefficient (Wildman–Crippen LogP) is 4.41. The van der Waals surface area contributed by atoms with Crippen LogP contribution in [-0.2, 0) is 0 Å². The van der Waals surface area contributed by atoms with E-state index in [1.165, 1.54) is 24.2 Å². The van der Waals surface area contributed by atoms with Crippen LogP contribution >= 0.6 is 11.8 Å². The zero-order valence-electron chi connectivity index (χ0n) is 13.1. The van der Waals surface area contributed by atoms with Crippen LogP contribution in [0.4, 0.5) is 0 Å². The maximum Gasteiger partial charge on any atom is 0.119 e. The van der Waals surface area contributed by atoms with Gasteiger partial charge in [0.25, 0.3) is 0 Å². The van der Waals surface area contributed by atoms with Gasteiger partial charge in [0.05, 0.1) is 6.10 Å². The molecule has 1 N–H and O–H groups in total. The van der Waals surface area contributed by atoms with Crippen molar-refractivity contribution in [2.75, 3.05) is 12.3 Å². The molecule has 0 bridgehead atoms. The van der Waals surface area contributed by atoms with Gasteiger partial charge in [0.2, 0.25) is 0 Å². The van der Waals surface area contributed by atoms with E-state index in [9.17, 15) is 0 Å². The molecule has 2 rings (SSSR count). The van der Waals surface area contributed by atoms with E-state index in [4.69, 9.17) is 4.74 Å². The summed E-state index contributed by atoms with van der Waals surface area (Å²) < 4.78 is 6.05. The van der Waals surface area contributed by atoms with Crippen LogP contribution in [-0.4, -0.2) is 23.1 Å². The lowest BCUT2D eigenvalue weighted by Crippen LogP contribution is -2.37. The molecule has 1 fully saturated rings. The molecule has 0 radical (unpaired) electrons. The zero-order valence-corrected chi connectivity index (χ0v) is 13.9. The molecule has 1 heterocycles. The highest BCUT2D eigenvalue weighted by Crippen LogP contribution is 2.46. The first-order chi connectivity index (χ1) is 9.55. The molecular weight excluding hydrogens is 266 g/mol. The van der Waals surface area contributed by atoms with Gasteiger partial charge in [-0.3, -0.25) is 0 Å². The number of benzene rings is 1. The molecule has 1 saturated heterocycles. The van der Waals surface area contributed by atoms with Crippen molar-refractivity contribution in [3.63, 3.8) is 0 Å². The van der Waals surface area contributed by atoms with Crippen molar-refractivity contribution in [1.29, 1.82) is 0 Å². The van der Waals surface area contributed by atoms with Gasteiger partial charge in [-0.2, -0.15) is 11.8 Å². The van der Waals surface area contributed by atoms with Crippen LogP contribution in [0.5, 0.6) is 5.75 Å². The van der Waals surface area contributed by atoms with E-state index < -0.39 is 0 Å². The standard InChI is InChI=1S/C17H27NOS/c1-5-18-16(17(4)11-6-12-20-17)14-7-9-15(10-8-14)19-13(2)3/h7-10,13,16,18H,5-6,11-12H2,1-4H3. The van der Waals surface area contributed by atoms with E-state index >= 15 is 0 Å². The smallest absolute Gasteiger partial charge is 0.119 e. The third-order valence-electron chi connectivity index (χ3n) is 3.85. The summed E-state index contributed by atoms with van der Waals surface area (Å²) in [5, 5.41) is 3.68. The summed E-state index contributed by atoms with van der Waals surface area (Å²) in [6.45, 7) is 9.71. The van der Waals surface area contributed by atoms with Gasteiger partial charge >= 0.3 is 0 Å².